The molecular formula is C17H23N3O3. The summed E-state index contributed by atoms with van der Waals surface area (Å²) in [7, 11) is 0. The zero-order valence-corrected chi connectivity index (χ0v) is 13.4. The topological polar surface area (TPSA) is 87.3 Å². The molecule has 1 saturated carbocycles. The summed E-state index contributed by atoms with van der Waals surface area (Å²) in [6.45, 7) is 1.42. The molecular weight excluding hydrogens is 294 g/mol. The number of carbonyl (C=O) groups is 3. The lowest BCUT2D eigenvalue weighted by atomic mass is 9.95. The normalized spacial score (nSPS) is 14.8. The second-order valence-electron chi connectivity index (χ2n) is 5.89. The van der Waals surface area contributed by atoms with Crippen molar-refractivity contribution in [3.63, 3.8) is 0 Å². The van der Waals surface area contributed by atoms with Crippen LogP contribution in [0.25, 0.3) is 0 Å². The van der Waals surface area contributed by atoms with Crippen molar-refractivity contribution >= 4 is 29.1 Å². The monoisotopic (exact) mass is 317 g/mol. The van der Waals surface area contributed by atoms with Gasteiger partial charge in [-0.15, -0.1) is 0 Å². The van der Waals surface area contributed by atoms with E-state index >= 15 is 0 Å². The Morgan fingerprint density at radius 2 is 1.65 bits per heavy atom. The standard InChI is InChI=1S/C17H23N3O3/c1-12(21)18-14-8-5-9-15(10-14)20-17(23)11-16(22)19-13-6-3-2-4-7-13/h5,8-10,13H,2-4,6-7,11H2,1H3,(H,18,21)(H,19,22)(H,20,23). The van der Waals surface area contributed by atoms with Crippen molar-refractivity contribution in [3.05, 3.63) is 24.3 Å². The summed E-state index contributed by atoms with van der Waals surface area (Å²) in [6, 6.07) is 7.02. The minimum Gasteiger partial charge on any atom is -0.353 e. The molecule has 2 rings (SSSR count). The zero-order chi connectivity index (χ0) is 16.7. The molecule has 0 spiro atoms. The molecule has 0 saturated heterocycles. The number of amides is 3. The molecule has 3 amide bonds. The molecule has 0 aliphatic heterocycles. The van der Waals surface area contributed by atoms with Crippen LogP contribution >= 0.6 is 0 Å². The van der Waals surface area contributed by atoms with Crippen LogP contribution in [0.3, 0.4) is 0 Å². The van der Waals surface area contributed by atoms with Crippen LogP contribution in [0.15, 0.2) is 24.3 Å². The van der Waals surface area contributed by atoms with Gasteiger partial charge >= 0.3 is 0 Å². The number of hydrogen-bond donors (Lipinski definition) is 3. The van der Waals surface area contributed by atoms with Gasteiger partial charge in [0, 0.05) is 24.3 Å². The van der Waals surface area contributed by atoms with Crippen molar-refractivity contribution in [2.45, 2.75) is 51.5 Å². The summed E-state index contributed by atoms with van der Waals surface area (Å²) in [4.78, 5) is 34.9. The van der Waals surface area contributed by atoms with E-state index in [0.717, 1.165) is 25.7 Å². The first kappa shape index (κ1) is 17.0. The van der Waals surface area contributed by atoms with E-state index in [1.54, 1.807) is 24.3 Å². The highest BCUT2D eigenvalue weighted by atomic mass is 16.2. The number of rotatable bonds is 5. The van der Waals surface area contributed by atoms with Gasteiger partial charge in [-0.1, -0.05) is 25.3 Å². The average Bonchev–Trinajstić information content (AvgIpc) is 2.47. The van der Waals surface area contributed by atoms with Crippen LogP contribution in [0, 0.1) is 0 Å². The highest BCUT2D eigenvalue weighted by Gasteiger charge is 2.17. The first-order valence-electron chi connectivity index (χ1n) is 8.00. The number of hydrogen-bond acceptors (Lipinski definition) is 3. The van der Waals surface area contributed by atoms with E-state index in [2.05, 4.69) is 16.0 Å². The van der Waals surface area contributed by atoms with Crippen LogP contribution < -0.4 is 16.0 Å². The number of benzene rings is 1. The lowest BCUT2D eigenvalue weighted by Gasteiger charge is -2.22. The molecule has 6 heteroatoms. The Hall–Kier alpha value is -2.37. The molecule has 0 atom stereocenters. The van der Waals surface area contributed by atoms with E-state index in [0.29, 0.717) is 11.4 Å². The smallest absolute Gasteiger partial charge is 0.233 e. The molecule has 124 valence electrons. The van der Waals surface area contributed by atoms with E-state index < -0.39 is 0 Å². The van der Waals surface area contributed by atoms with E-state index in [1.807, 2.05) is 0 Å². The molecule has 0 aromatic heterocycles. The maximum Gasteiger partial charge on any atom is 0.233 e. The van der Waals surface area contributed by atoms with Crippen molar-refractivity contribution in [2.24, 2.45) is 0 Å². The molecule has 0 radical (unpaired) electrons. The van der Waals surface area contributed by atoms with Gasteiger partial charge in [0.15, 0.2) is 0 Å². The summed E-state index contributed by atoms with van der Waals surface area (Å²) < 4.78 is 0. The summed E-state index contributed by atoms with van der Waals surface area (Å²) in [6.07, 6.45) is 5.27. The Morgan fingerprint density at radius 1 is 1.00 bits per heavy atom. The fourth-order valence-corrected chi connectivity index (χ4v) is 2.75. The number of nitrogens with one attached hydrogen (secondary N) is 3. The highest BCUT2D eigenvalue weighted by Crippen LogP contribution is 2.18. The van der Waals surface area contributed by atoms with Crippen molar-refractivity contribution in [1.29, 1.82) is 0 Å². The predicted molar refractivity (Wildman–Crippen MR) is 89.0 cm³/mol. The van der Waals surface area contributed by atoms with Gasteiger partial charge < -0.3 is 16.0 Å². The van der Waals surface area contributed by atoms with Gasteiger partial charge in [-0.3, -0.25) is 14.4 Å². The fourth-order valence-electron chi connectivity index (χ4n) is 2.75. The summed E-state index contributed by atoms with van der Waals surface area (Å²) in [5.74, 6) is -0.786. The molecule has 1 aliphatic rings. The van der Waals surface area contributed by atoms with Crippen LogP contribution in [0.4, 0.5) is 11.4 Å². The Bertz CT molecular complexity index is 580. The SMILES string of the molecule is CC(=O)Nc1cccc(NC(=O)CC(=O)NC2CCCCC2)c1. The molecule has 3 N–H and O–H groups in total. The summed E-state index contributed by atoms with van der Waals surface area (Å²) in [5.41, 5.74) is 1.15. The quantitative estimate of drug-likeness (QED) is 0.729. The van der Waals surface area contributed by atoms with Gasteiger partial charge in [-0.05, 0) is 31.0 Å². The van der Waals surface area contributed by atoms with Crippen LogP contribution in [0.5, 0.6) is 0 Å². The van der Waals surface area contributed by atoms with Gasteiger partial charge in [0.1, 0.15) is 6.42 Å². The number of anilines is 2. The molecule has 0 unspecified atom stereocenters. The first-order chi connectivity index (χ1) is 11.0. The third-order valence-electron chi connectivity index (χ3n) is 3.76. The Morgan fingerprint density at radius 3 is 2.30 bits per heavy atom. The summed E-state index contributed by atoms with van der Waals surface area (Å²) in [5, 5.41) is 8.23. The minimum atomic E-state index is -0.363. The largest absolute Gasteiger partial charge is 0.353 e. The minimum absolute atomic E-state index is 0.180. The fraction of sp³-hybridized carbons (Fsp3) is 0.471. The molecule has 0 heterocycles. The Kier molecular flexibility index (Phi) is 6.14. The highest BCUT2D eigenvalue weighted by molar-refractivity contribution is 6.04. The van der Waals surface area contributed by atoms with Crippen LogP contribution in [-0.2, 0) is 14.4 Å². The molecule has 23 heavy (non-hydrogen) atoms. The van der Waals surface area contributed by atoms with Gasteiger partial charge in [0.25, 0.3) is 0 Å². The first-order valence-corrected chi connectivity index (χ1v) is 8.00. The van der Waals surface area contributed by atoms with Crippen molar-refractivity contribution < 1.29 is 14.4 Å². The predicted octanol–water partition coefficient (Wildman–Crippen LogP) is 2.42. The van der Waals surface area contributed by atoms with Crippen LogP contribution in [0.2, 0.25) is 0 Å². The van der Waals surface area contributed by atoms with E-state index in [4.69, 9.17) is 0 Å². The second kappa shape index (κ2) is 8.31. The van der Waals surface area contributed by atoms with E-state index in [1.165, 1.54) is 13.3 Å². The van der Waals surface area contributed by atoms with E-state index in [9.17, 15) is 14.4 Å². The third kappa shape index (κ3) is 6.10. The van der Waals surface area contributed by atoms with Gasteiger partial charge in [0.05, 0.1) is 0 Å². The van der Waals surface area contributed by atoms with Gasteiger partial charge in [-0.2, -0.15) is 0 Å². The molecule has 1 fully saturated rings. The zero-order valence-electron chi connectivity index (χ0n) is 13.4. The van der Waals surface area contributed by atoms with Crippen molar-refractivity contribution in [3.8, 4) is 0 Å². The lowest BCUT2D eigenvalue weighted by molar-refractivity contribution is -0.127. The maximum atomic E-state index is 11.9. The second-order valence-corrected chi connectivity index (χ2v) is 5.89. The summed E-state index contributed by atoms with van der Waals surface area (Å²) >= 11 is 0. The third-order valence-corrected chi connectivity index (χ3v) is 3.76. The Labute approximate surface area is 136 Å². The molecule has 0 bridgehead atoms. The maximum absolute atomic E-state index is 11.9. The van der Waals surface area contributed by atoms with Crippen molar-refractivity contribution in [1.82, 2.24) is 5.32 Å². The molecule has 6 nitrogen and oxygen atoms in total. The molecule has 1 aromatic rings. The average molecular weight is 317 g/mol. The molecule has 1 aromatic carbocycles. The molecule has 1 aliphatic carbocycles. The van der Waals surface area contributed by atoms with Gasteiger partial charge in [0.2, 0.25) is 17.7 Å². The van der Waals surface area contributed by atoms with Gasteiger partial charge in [-0.25, -0.2) is 0 Å². The van der Waals surface area contributed by atoms with Crippen LogP contribution in [-0.4, -0.2) is 23.8 Å². The van der Waals surface area contributed by atoms with Crippen LogP contribution in [0.1, 0.15) is 45.4 Å². The Balaban J connectivity index is 1.81. The number of carbonyl (C=O) groups excluding carboxylic acids is 3. The lowest BCUT2D eigenvalue weighted by Crippen LogP contribution is -2.37. The van der Waals surface area contributed by atoms with Crippen molar-refractivity contribution in [2.75, 3.05) is 10.6 Å². The van der Waals surface area contributed by atoms with E-state index in [-0.39, 0.29) is 30.2 Å².